The maximum absolute atomic E-state index is 12.9. The minimum atomic E-state index is -1.78. The normalized spacial score (nSPS) is 28.7. The zero-order chi connectivity index (χ0) is 42.5. The number of hydrogen-bond acceptors (Lipinski definition) is 13. The van der Waals surface area contributed by atoms with Gasteiger partial charge in [-0.25, -0.2) is 0 Å². The van der Waals surface area contributed by atoms with Crippen LogP contribution in [0.5, 0.6) is 0 Å². The molecule has 0 aromatic heterocycles. The SMILES string of the molecule is CCCCCCCCCCCCCCCCCCCCCC(O)C(COC1OC(CO)C(OC2OC(CO)C(O)C(O)C2O)C(O)C1O)NC(=O)CCCCCCC. The van der Waals surface area contributed by atoms with Crippen LogP contribution in [0, 0.1) is 0 Å². The van der Waals surface area contributed by atoms with E-state index in [-0.39, 0.29) is 12.5 Å². The molecule has 12 atom stereocenters. The van der Waals surface area contributed by atoms with Crippen LogP contribution in [0.1, 0.15) is 181 Å². The summed E-state index contributed by atoms with van der Waals surface area (Å²) in [6.45, 7) is 2.75. The van der Waals surface area contributed by atoms with Crippen molar-refractivity contribution >= 4 is 5.91 Å². The number of ether oxygens (including phenoxy) is 4. The van der Waals surface area contributed by atoms with Crippen molar-refractivity contribution in [3.05, 3.63) is 0 Å². The van der Waals surface area contributed by atoms with Crippen molar-refractivity contribution in [3.8, 4) is 0 Å². The minimum Gasteiger partial charge on any atom is -0.394 e. The maximum atomic E-state index is 12.9. The van der Waals surface area contributed by atoms with Crippen molar-refractivity contribution in [2.75, 3.05) is 19.8 Å². The first-order valence-corrected chi connectivity index (χ1v) is 23.3. The van der Waals surface area contributed by atoms with Gasteiger partial charge in [0.15, 0.2) is 12.6 Å². The Hall–Kier alpha value is -1.01. The minimum absolute atomic E-state index is 0.219. The number of aliphatic hydroxyl groups excluding tert-OH is 8. The molecule has 12 unspecified atom stereocenters. The van der Waals surface area contributed by atoms with Crippen molar-refractivity contribution < 1.29 is 64.6 Å². The molecule has 0 saturated carbocycles. The van der Waals surface area contributed by atoms with Gasteiger partial charge in [-0.1, -0.05) is 162 Å². The number of carbonyl (C=O) groups is 1. The van der Waals surface area contributed by atoms with Crippen LogP contribution in [0.15, 0.2) is 0 Å². The molecule has 2 aliphatic heterocycles. The second-order valence-corrected chi connectivity index (χ2v) is 16.9. The number of nitrogens with one attached hydrogen (secondary N) is 1. The highest BCUT2D eigenvalue weighted by atomic mass is 16.7. The van der Waals surface area contributed by atoms with E-state index in [2.05, 4.69) is 19.2 Å². The van der Waals surface area contributed by atoms with Crippen molar-refractivity contribution in [1.29, 1.82) is 0 Å². The number of amides is 1. The lowest BCUT2D eigenvalue weighted by Crippen LogP contribution is -2.65. The predicted molar refractivity (Wildman–Crippen MR) is 222 cm³/mol. The second-order valence-electron chi connectivity index (χ2n) is 16.9. The fourth-order valence-corrected chi connectivity index (χ4v) is 7.94. The number of hydrogen-bond donors (Lipinski definition) is 9. The number of carbonyl (C=O) groups excluding carboxylic acids is 1. The molecule has 2 rings (SSSR count). The summed E-state index contributed by atoms with van der Waals surface area (Å²) >= 11 is 0. The Morgan fingerprint density at radius 1 is 0.552 bits per heavy atom. The summed E-state index contributed by atoms with van der Waals surface area (Å²) < 4.78 is 22.6. The van der Waals surface area contributed by atoms with Gasteiger partial charge in [0.25, 0.3) is 0 Å². The molecule has 0 spiro atoms. The van der Waals surface area contributed by atoms with E-state index in [1.165, 1.54) is 96.3 Å². The van der Waals surface area contributed by atoms with E-state index in [1.807, 2.05) is 0 Å². The van der Waals surface area contributed by atoms with Gasteiger partial charge in [0.05, 0.1) is 32.0 Å². The van der Waals surface area contributed by atoms with E-state index in [0.717, 1.165) is 57.8 Å². The first-order chi connectivity index (χ1) is 28.1. The van der Waals surface area contributed by atoms with Gasteiger partial charge in [-0.15, -0.1) is 0 Å². The van der Waals surface area contributed by atoms with E-state index < -0.39 is 86.8 Å². The molecule has 0 aliphatic carbocycles. The van der Waals surface area contributed by atoms with Crippen LogP contribution in [0.3, 0.4) is 0 Å². The van der Waals surface area contributed by atoms with Crippen LogP contribution in [0.2, 0.25) is 0 Å². The summed E-state index contributed by atoms with van der Waals surface area (Å²) in [6, 6.07) is -0.817. The molecule has 0 bridgehead atoms. The van der Waals surface area contributed by atoms with E-state index in [1.54, 1.807) is 0 Å². The Bertz CT molecular complexity index is 993. The molecule has 14 heteroatoms. The van der Waals surface area contributed by atoms with Gasteiger partial charge in [-0.05, 0) is 12.8 Å². The molecular weight excluding hydrogens is 750 g/mol. The molecule has 1 amide bonds. The molecule has 14 nitrogen and oxygen atoms in total. The van der Waals surface area contributed by atoms with Gasteiger partial charge >= 0.3 is 0 Å². The van der Waals surface area contributed by atoms with Crippen molar-refractivity contribution in [2.24, 2.45) is 0 Å². The van der Waals surface area contributed by atoms with E-state index >= 15 is 0 Å². The maximum Gasteiger partial charge on any atom is 0.220 e. The lowest BCUT2D eigenvalue weighted by atomic mass is 9.97. The average Bonchev–Trinajstić information content (AvgIpc) is 3.22. The lowest BCUT2D eigenvalue weighted by Gasteiger charge is -2.46. The Morgan fingerprint density at radius 3 is 1.47 bits per heavy atom. The summed E-state index contributed by atoms with van der Waals surface area (Å²) in [5.74, 6) is -0.219. The highest BCUT2D eigenvalue weighted by molar-refractivity contribution is 5.76. The molecule has 0 aromatic carbocycles. The van der Waals surface area contributed by atoms with E-state index in [0.29, 0.717) is 12.8 Å². The summed E-state index contributed by atoms with van der Waals surface area (Å²) in [5.41, 5.74) is 0. The molecule has 2 saturated heterocycles. The average molecular weight is 836 g/mol. The van der Waals surface area contributed by atoms with Gasteiger partial charge in [0, 0.05) is 6.42 Å². The number of unbranched alkanes of at least 4 members (excludes halogenated alkanes) is 22. The lowest BCUT2D eigenvalue weighted by molar-refractivity contribution is -0.359. The predicted octanol–water partition coefficient (Wildman–Crippen LogP) is 4.66. The fourth-order valence-electron chi connectivity index (χ4n) is 7.94. The summed E-state index contributed by atoms with van der Waals surface area (Å²) in [7, 11) is 0. The molecule has 2 heterocycles. The second kappa shape index (κ2) is 32.7. The molecular formula is C44H85NO13. The van der Waals surface area contributed by atoms with Crippen LogP contribution < -0.4 is 5.32 Å². The third-order valence-electron chi connectivity index (χ3n) is 11.8. The molecule has 344 valence electrons. The Morgan fingerprint density at radius 2 is 0.983 bits per heavy atom. The van der Waals surface area contributed by atoms with Gasteiger partial charge in [0.1, 0.15) is 48.8 Å². The first-order valence-electron chi connectivity index (χ1n) is 23.3. The van der Waals surface area contributed by atoms with Crippen molar-refractivity contribution in [1.82, 2.24) is 5.32 Å². The highest BCUT2D eigenvalue weighted by Gasteiger charge is 2.51. The fraction of sp³-hybridized carbons (Fsp3) is 0.977. The van der Waals surface area contributed by atoms with Gasteiger partial charge < -0.3 is 65.1 Å². The van der Waals surface area contributed by atoms with Gasteiger partial charge in [-0.3, -0.25) is 4.79 Å². The molecule has 9 N–H and O–H groups in total. The highest BCUT2D eigenvalue weighted by Crippen LogP contribution is 2.30. The van der Waals surface area contributed by atoms with Crippen LogP contribution in [0.4, 0.5) is 0 Å². The summed E-state index contributed by atoms with van der Waals surface area (Å²) in [6.07, 6.45) is 13.1. The Labute approximate surface area is 349 Å². The largest absolute Gasteiger partial charge is 0.394 e. The first kappa shape index (κ1) is 53.1. The standard InChI is InChI=1S/C44H85NO13/c1-3-5-7-9-10-11-12-13-14-15-16-17-18-19-20-21-22-24-25-27-33(48)32(45-36(49)28-26-23-8-6-4-2)31-55-43-41(54)39(52)42(35(30-47)57-43)58-44-40(53)38(51)37(50)34(29-46)56-44/h32-35,37-44,46-48,50-54H,3-31H2,1-2H3,(H,45,49). The van der Waals surface area contributed by atoms with Crippen molar-refractivity contribution in [2.45, 2.75) is 254 Å². The van der Waals surface area contributed by atoms with Crippen LogP contribution in [0.25, 0.3) is 0 Å². The summed E-state index contributed by atoms with van der Waals surface area (Å²) in [4.78, 5) is 12.9. The van der Waals surface area contributed by atoms with Gasteiger partial charge in [0.2, 0.25) is 5.91 Å². The summed E-state index contributed by atoms with van der Waals surface area (Å²) in [5, 5.41) is 86.3. The smallest absolute Gasteiger partial charge is 0.220 e. The Balaban J connectivity index is 1.77. The van der Waals surface area contributed by atoms with Crippen LogP contribution in [-0.2, 0) is 23.7 Å². The van der Waals surface area contributed by atoms with Crippen LogP contribution >= 0.6 is 0 Å². The monoisotopic (exact) mass is 836 g/mol. The van der Waals surface area contributed by atoms with Crippen molar-refractivity contribution in [3.63, 3.8) is 0 Å². The molecule has 2 aliphatic rings. The third kappa shape index (κ3) is 20.7. The number of aliphatic hydroxyl groups is 8. The van der Waals surface area contributed by atoms with E-state index in [9.17, 15) is 45.6 Å². The third-order valence-corrected chi connectivity index (χ3v) is 11.8. The van der Waals surface area contributed by atoms with Crippen LogP contribution in [-0.4, -0.2) is 140 Å². The zero-order valence-corrected chi connectivity index (χ0v) is 36.1. The quantitative estimate of drug-likeness (QED) is 0.0397. The van der Waals surface area contributed by atoms with Gasteiger partial charge in [-0.2, -0.15) is 0 Å². The molecule has 0 radical (unpaired) electrons. The molecule has 58 heavy (non-hydrogen) atoms. The topological polar surface area (TPSA) is 228 Å². The zero-order valence-electron chi connectivity index (χ0n) is 36.1. The Kier molecular flexibility index (Phi) is 29.9. The molecule has 0 aromatic rings. The number of rotatable bonds is 35. The molecule has 2 fully saturated rings. The van der Waals surface area contributed by atoms with E-state index in [4.69, 9.17) is 18.9 Å².